The van der Waals surface area contributed by atoms with Crippen LogP contribution in [0.1, 0.15) is 290 Å². The predicted octanol–water partition coefficient (Wildman–Crippen LogP) is 21.4. The van der Waals surface area contributed by atoms with Crippen molar-refractivity contribution in [2.24, 2.45) is 0 Å². The van der Waals surface area contributed by atoms with Crippen molar-refractivity contribution in [2.75, 3.05) is 13.2 Å². The Bertz CT molecular complexity index is 1520. The van der Waals surface area contributed by atoms with Gasteiger partial charge in [0.1, 0.15) is 13.2 Å². The average molecular weight is 1040 g/mol. The number of carbonyl (C=O) groups is 3. The highest BCUT2D eigenvalue weighted by molar-refractivity contribution is 5.71. The second-order valence-electron chi connectivity index (χ2n) is 20.6. The van der Waals surface area contributed by atoms with Crippen molar-refractivity contribution in [1.82, 2.24) is 0 Å². The van der Waals surface area contributed by atoms with Gasteiger partial charge in [0.15, 0.2) is 6.10 Å². The van der Waals surface area contributed by atoms with Gasteiger partial charge in [-0.25, -0.2) is 0 Å². The molecule has 6 heteroatoms. The lowest BCUT2D eigenvalue weighted by Gasteiger charge is -2.18. The van der Waals surface area contributed by atoms with Gasteiger partial charge in [-0.1, -0.05) is 271 Å². The molecule has 0 fully saturated rings. The minimum atomic E-state index is -0.783. The van der Waals surface area contributed by atoms with Crippen molar-refractivity contribution < 1.29 is 28.6 Å². The predicted molar refractivity (Wildman–Crippen MR) is 325 cm³/mol. The topological polar surface area (TPSA) is 78.9 Å². The molecule has 0 saturated heterocycles. The van der Waals surface area contributed by atoms with E-state index in [0.29, 0.717) is 19.3 Å². The summed E-state index contributed by atoms with van der Waals surface area (Å²) in [6.45, 7) is 6.43. The van der Waals surface area contributed by atoms with Crippen LogP contribution >= 0.6 is 0 Å². The summed E-state index contributed by atoms with van der Waals surface area (Å²) in [6.07, 6.45) is 85.7. The van der Waals surface area contributed by atoms with E-state index >= 15 is 0 Å². The normalized spacial score (nSPS) is 12.8. The Labute approximate surface area is 463 Å². The molecule has 0 aliphatic carbocycles. The summed E-state index contributed by atoms with van der Waals surface area (Å²) < 4.78 is 16.7. The Morgan fingerprint density at radius 3 is 0.813 bits per heavy atom. The van der Waals surface area contributed by atoms with Crippen molar-refractivity contribution in [3.63, 3.8) is 0 Å². The van der Waals surface area contributed by atoms with Gasteiger partial charge in [-0.3, -0.25) is 14.4 Å². The van der Waals surface area contributed by atoms with Crippen molar-refractivity contribution >= 4 is 17.9 Å². The first kappa shape index (κ1) is 71.1. The fourth-order valence-electron chi connectivity index (χ4n) is 8.57. The Hall–Kier alpha value is -3.93. The van der Waals surface area contributed by atoms with E-state index in [1.807, 2.05) is 0 Å². The van der Waals surface area contributed by atoms with E-state index in [1.165, 1.54) is 122 Å². The summed E-state index contributed by atoms with van der Waals surface area (Å²) in [5.74, 6) is -0.908. The molecule has 0 amide bonds. The fraction of sp³-hybridized carbons (Fsp3) is 0.696. The summed E-state index contributed by atoms with van der Waals surface area (Å²) in [4.78, 5) is 37.9. The van der Waals surface area contributed by atoms with Crippen molar-refractivity contribution in [2.45, 2.75) is 297 Å². The van der Waals surface area contributed by atoms with E-state index in [-0.39, 0.29) is 31.1 Å². The lowest BCUT2D eigenvalue weighted by molar-refractivity contribution is -0.167. The molecular weight excluding hydrogens is 925 g/mol. The van der Waals surface area contributed by atoms with E-state index in [0.717, 1.165) is 128 Å². The summed E-state index contributed by atoms with van der Waals surface area (Å²) in [5, 5.41) is 0. The number of ether oxygens (including phenoxy) is 3. The third-order valence-corrected chi connectivity index (χ3v) is 13.3. The number of unbranched alkanes of at least 4 members (excludes halogenated alkanes) is 27. The lowest BCUT2D eigenvalue weighted by atomic mass is 10.0. The van der Waals surface area contributed by atoms with Crippen LogP contribution in [-0.4, -0.2) is 37.2 Å². The second kappa shape index (κ2) is 62.6. The number of hydrogen-bond donors (Lipinski definition) is 0. The molecule has 0 aromatic heterocycles. The first-order valence-electron chi connectivity index (χ1n) is 31.4. The van der Waals surface area contributed by atoms with Gasteiger partial charge in [0, 0.05) is 19.3 Å². The molecule has 0 aromatic rings. The third kappa shape index (κ3) is 60.8. The number of rotatable bonds is 56. The average Bonchev–Trinajstić information content (AvgIpc) is 3.41. The highest BCUT2D eigenvalue weighted by atomic mass is 16.6. The maximum atomic E-state index is 12.8. The zero-order chi connectivity index (χ0) is 54.3. The standard InChI is InChI=1S/C69H116O6/c1-4-7-10-13-15-17-19-21-23-25-27-29-30-31-32-33-34-35-36-37-38-40-41-43-45-47-49-51-53-56-59-62-68(71)74-65-66(64-73-67(70)61-58-55-12-9-6-3)75-69(72)63-60-57-54-52-50-48-46-44-42-39-28-26-24-22-20-18-16-14-11-8-5-2/h7,10,15,17,20-23,26-29,31-32,34-35,42,44,66H,4-6,8-9,11-14,16,18-19,24-25,30,33,36-41,43,45-65H2,1-3H3/b10-7-,17-15-,22-20-,23-21-,28-26-,29-27-,32-31-,35-34-,44-42-. The Morgan fingerprint density at radius 1 is 0.280 bits per heavy atom. The van der Waals surface area contributed by atoms with Gasteiger partial charge in [0.2, 0.25) is 0 Å². The zero-order valence-electron chi connectivity index (χ0n) is 49.0. The van der Waals surface area contributed by atoms with Crippen LogP contribution in [0.25, 0.3) is 0 Å². The van der Waals surface area contributed by atoms with E-state index in [1.54, 1.807) is 0 Å². The monoisotopic (exact) mass is 1040 g/mol. The second-order valence-corrected chi connectivity index (χ2v) is 20.6. The molecule has 6 nitrogen and oxygen atoms in total. The maximum absolute atomic E-state index is 12.8. The van der Waals surface area contributed by atoms with E-state index in [2.05, 4.69) is 130 Å². The molecule has 75 heavy (non-hydrogen) atoms. The fourth-order valence-corrected chi connectivity index (χ4v) is 8.57. The molecule has 1 atom stereocenters. The SMILES string of the molecule is CC/C=C\C/C=C\C/C=C\C/C=C\C/C=C\C/C=C\CCCCCCCCCCCCCCC(=O)OCC(COC(=O)CCCCCCC)OC(=O)CCCCCCCC/C=C\C/C=C\C/C=C\CCCCCCC. The number of hydrogen-bond acceptors (Lipinski definition) is 6. The third-order valence-electron chi connectivity index (χ3n) is 13.3. The highest BCUT2D eigenvalue weighted by Gasteiger charge is 2.19. The molecule has 0 radical (unpaired) electrons. The van der Waals surface area contributed by atoms with Crippen LogP contribution in [0.3, 0.4) is 0 Å². The molecule has 0 spiro atoms. The molecular formula is C69H116O6. The first-order valence-corrected chi connectivity index (χ1v) is 31.4. The van der Waals surface area contributed by atoms with Gasteiger partial charge < -0.3 is 14.2 Å². The van der Waals surface area contributed by atoms with Gasteiger partial charge in [0.25, 0.3) is 0 Å². The molecule has 1 unspecified atom stereocenters. The van der Waals surface area contributed by atoms with Gasteiger partial charge in [-0.2, -0.15) is 0 Å². The number of esters is 3. The molecule has 0 aliphatic heterocycles. The van der Waals surface area contributed by atoms with Crippen LogP contribution in [0.4, 0.5) is 0 Å². The Balaban J connectivity index is 4.07. The molecule has 428 valence electrons. The molecule has 0 bridgehead atoms. The van der Waals surface area contributed by atoms with Gasteiger partial charge in [-0.05, 0) is 109 Å². The number of allylic oxidation sites excluding steroid dienone is 18. The maximum Gasteiger partial charge on any atom is 0.306 e. The van der Waals surface area contributed by atoms with Gasteiger partial charge >= 0.3 is 17.9 Å². The summed E-state index contributed by atoms with van der Waals surface area (Å²) in [6, 6.07) is 0. The molecule has 0 aliphatic rings. The summed E-state index contributed by atoms with van der Waals surface area (Å²) in [5.41, 5.74) is 0. The Morgan fingerprint density at radius 2 is 0.520 bits per heavy atom. The number of carbonyl (C=O) groups excluding carboxylic acids is 3. The molecule has 0 rings (SSSR count). The van der Waals surface area contributed by atoms with Crippen molar-refractivity contribution in [3.05, 3.63) is 109 Å². The lowest BCUT2D eigenvalue weighted by Crippen LogP contribution is -2.30. The van der Waals surface area contributed by atoms with E-state index in [9.17, 15) is 14.4 Å². The molecule has 0 N–H and O–H groups in total. The minimum absolute atomic E-state index is 0.0841. The quantitative estimate of drug-likeness (QED) is 0.0261. The van der Waals surface area contributed by atoms with Crippen molar-refractivity contribution in [3.8, 4) is 0 Å². The van der Waals surface area contributed by atoms with Crippen LogP contribution in [0.5, 0.6) is 0 Å². The van der Waals surface area contributed by atoms with Crippen LogP contribution in [0, 0.1) is 0 Å². The first-order chi connectivity index (χ1) is 37.0. The largest absolute Gasteiger partial charge is 0.462 e. The van der Waals surface area contributed by atoms with Gasteiger partial charge in [-0.15, -0.1) is 0 Å². The van der Waals surface area contributed by atoms with Crippen LogP contribution in [0.15, 0.2) is 109 Å². The van der Waals surface area contributed by atoms with E-state index in [4.69, 9.17) is 14.2 Å². The minimum Gasteiger partial charge on any atom is -0.462 e. The zero-order valence-corrected chi connectivity index (χ0v) is 49.0. The van der Waals surface area contributed by atoms with Crippen LogP contribution < -0.4 is 0 Å². The molecule has 0 heterocycles. The van der Waals surface area contributed by atoms with Crippen LogP contribution in [-0.2, 0) is 28.6 Å². The smallest absolute Gasteiger partial charge is 0.306 e. The Kier molecular flexibility index (Phi) is 59.3. The van der Waals surface area contributed by atoms with Crippen LogP contribution in [0.2, 0.25) is 0 Å². The molecule has 0 aromatic carbocycles. The summed E-state index contributed by atoms with van der Waals surface area (Å²) in [7, 11) is 0. The highest BCUT2D eigenvalue weighted by Crippen LogP contribution is 2.15. The van der Waals surface area contributed by atoms with Gasteiger partial charge in [0.05, 0.1) is 0 Å². The van der Waals surface area contributed by atoms with Crippen molar-refractivity contribution in [1.29, 1.82) is 0 Å². The van der Waals surface area contributed by atoms with E-state index < -0.39 is 6.10 Å². The summed E-state index contributed by atoms with van der Waals surface area (Å²) >= 11 is 0. The molecule has 0 saturated carbocycles.